The number of hydrogen-bond donors (Lipinski definition) is 0. The van der Waals surface area contributed by atoms with Crippen molar-refractivity contribution in [3.8, 4) is 0 Å². The summed E-state index contributed by atoms with van der Waals surface area (Å²) in [6.07, 6.45) is 7.36. The highest BCUT2D eigenvalue weighted by atomic mass is 15.4. The third-order valence-electron chi connectivity index (χ3n) is 3.88. The summed E-state index contributed by atoms with van der Waals surface area (Å²) in [6.45, 7) is 7.38. The Balaban J connectivity index is 1.92. The van der Waals surface area contributed by atoms with Crippen LogP contribution in [-0.4, -0.2) is 23.5 Å². The second-order valence-corrected chi connectivity index (χ2v) is 4.77. The molecular weight excluding hydrogens is 146 g/mol. The van der Waals surface area contributed by atoms with Gasteiger partial charge in [0.1, 0.15) is 0 Å². The van der Waals surface area contributed by atoms with E-state index in [4.69, 9.17) is 0 Å². The fourth-order valence-corrected chi connectivity index (χ4v) is 2.81. The van der Waals surface area contributed by atoms with Crippen LogP contribution < -0.4 is 0 Å². The topological polar surface area (TPSA) is 3.01 Å². The van der Waals surface area contributed by atoms with E-state index in [-0.39, 0.29) is 0 Å². The Morgan fingerprint density at radius 1 is 1.33 bits per heavy atom. The maximum Gasteiger partial charge on any atom is 0.0337 e. The maximum absolute atomic E-state index is 2.66. The largest absolute Gasteiger partial charge is 0.295 e. The first-order chi connectivity index (χ1) is 5.77. The minimum absolute atomic E-state index is 0.694. The van der Waals surface area contributed by atoms with Crippen LogP contribution in [0.15, 0.2) is 0 Å². The zero-order chi connectivity index (χ0) is 8.60. The van der Waals surface area contributed by atoms with E-state index in [0.717, 1.165) is 5.92 Å². The lowest BCUT2D eigenvalue weighted by Gasteiger charge is -2.13. The van der Waals surface area contributed by atoms with Gasteiger partial charge in [-0.15, -0.1) is 0 Å². The summed E-state index contributed by atoms with van der Waals surface area (Å²) in [5.41, 5.74) is 0.694. The second-order valence-electron chi connectivity index (χ2n) is 4.77. The molecule has 1 heterocycles. The van der Waals surface area contributed by atoms with Crippen LogP contribution in [0.4, 0.5) is 0 Å². The molecule has 1 aliphatic heterocycles. The molecule has 3 unspecified atom stereocenters. The van der Waals surface area contributed by atoms with Crippen molar-refractivity contribution in [2.75, 3.05) is 13.1 Å². The fraction of sp³-hybridized carbons (Fsp3) is 1.00. The third kappa shape index (κ3) is 1.39. The Labute approximate surface area is 76.1 Å². The molecule has 0 radical (unpaired) electrons. The van der Waals surface area contributed by atoms with Crippen LogP contribution in [0.25, 0.3) is 0 Å². The molecule has 1 saturated carbocycles. The molecular formula is C11H21N. The lowest BCUT2D eigenvalue weighted by molar-refractivity contribution is 0.376. The van der Waals surface area contributed by atoms with E-state index in [1.54, 1.807) is 0 Å². The Hall–Kier alpha value is -0.0400. The molecule has 2 rings (SSSR count). The van der Waals surface area contributed by atoms with E-state index in [0.29, 0.717) is 5.54 Å². The Bertz CT molecular complexity index is 166. The number of rotatable bonds is 1. The molecule has 0 aromatic heterocycles. The molecule has 0 N–H and O–H groups in total. The summed E-state index contributed by atoms with van der Waals surface area (Å²) < 4.78 is 0. The zero-order valence-corrected chi connectivity index (χ0v) is 8.47. The van der Waals surface area contributed by atoms with E-state index in [1.165, 1.54) is 45.2 Å². The van der Waals surface area contributed by atoms with Gasteiger partial charge in [-0.1, -0.05) is 26.7 Å². The van der Waals surface area contributed by atoms with Gasteiger partial charge in [-0.3, -0.25) is 4.90 Å². The van der Waals surface area contributed by atoms with Crippen molar-refractivity contribution in [1.82, 2.24) is 4.90 Å². The van der Waals surface area contributed by atoms with Crippen molar-refractivity contribution < 1.29 is 0 Å². The van der Waals surface area contributed by atoms with Gasteiger partial charge in [0.15, 0.2) is 0 Å². The fourth-order valence-electron chi connectivity index (χ4n) is 2.81. The van der Waals surface area contributed by atoms with E-state index in [9.17, 15) is 0 Å². The van der Waals surface area contributed by atoms with E-state index in [2.05, 4.69) is 18.7 Å². The predicted octanol–water partition coefficient (Wildman–Crippen LogP) is 2.66. The summed E-state index contributed by atoms with van der Waals surface area (Å²) in [5.74, 6) is 0.990. The van der Waals surface area contributed by atoms with Crippen molar-refractivity contribution in [2.24, 2.45) is 5.92 Å². The van der Waals surface area contributed by atoms with Gasteiger partial charge in [-0.25, -0.2) is 0 Å². The molecule has 0 amide bonds. The molecule has 1 saturated heterocycles. The SMILES string of the molecule is CCN1CC12CCCC(C)CC2. The van der Waals surface area contributed by atoms with Gasteiger partial charge in [-0.05, 0) is 31.7 Å². The average molecular weight is 167 g/mol. The molecule has 0 aromatic rings. The zero-order valence-electron chi connectivity index (χ0n) is 8.47. The molecule has 0 aromatic carbocycles. The van der Waals surface area contributed by atoms with Crippen molar-refractivity contribution in [3.63, 3.8) is 0 Å². The molecule has 2 aliphatic rings. The van der Waals surface area contributed by atoms with Crippen LogP contribution in [0.3, 0.4) is 0 Å². The van der Waals surface area contributed by atoms with Crippen LogP contribution >= 0.6 is 0 Å². The minimum Gasteiger partial charge on any atom is -0.295 e. The van der Waals surface area contributed by atoms with Crippen LogP contribution in [0, 0.1) is 5.92 Å². The van der Waals surface area contributed by atoms with Gasteiger partial charge in [0.25, 0.3) is 0 Å². The monoisotopic (exact) mass is 167 g/mol. The highest BCUT2D eigenvalue weighted by molar-refractivity contribution is 5.07. The molecule has 2 fully saturated rings. The van der Waals surface area contributed by atoms with Crippen LogP contribution in [-0.2, 0) is 0 Å². The van der Waals surface area contributed by atoms with E-state index >= 15 is 0 Å². The van der Waals surface area contributed by atoms with Gasteiger partial charge >= 0.3 is 0 Å². The Morgan fingerprint density at radius 2 is 2.17 bits per heavy atom. The van der Waals surface area contributed by atoms with Crippen LogP contribution in [0.5, 0.6) is 0 Å². The van der Waals surface area contributed by atoms with Crippen molar-refractivity contribution in [1.29, 1.82) is 0 Å². The highest BCUT2D eigenvalue weighted by Crippen LogP contribution is 2.44. The van der Waals surface area contributed by atoms with Crippen LogP contribution in [0.1, 0.15) is 46.0 Å². The summed E-state index contributed by atoms with van der Waals surface area (Å²) in [6, 6.07) is 0. The molecule has 3 atom stereocenters. The number of nitrogens with zero attached hydrogens (tertiary/aromatic N) is 1. The third-order valence-corrected chi connectivity index (χ3v) is 3.88. The smallest absolute Gasteiger partial charge is 0.0337 e. The first-order valence-corrected chi connectivity index (χ1v) is 5.52. The van der Waals surface area contributed by atoms with Gasteiger partial charge in [-0.2, -0.15) is 0 Å². The highest BCUT2D eigenvalue weighted by Gasteiger charge is 2.50. The van der Waals surface area contributed by atoms with Crippen molar-refractivity contribution >= 4 is 0 Å². The molecule has 1 nitrogen and oxygen atoms in total. The first-order valence-electron chi connectivity index (χ1n) is 5.52. The number of hydrogen-bond acceptors (Lipinski definition) is 1. The van der Waals surface area contributed by atoms with Gasteiger partial charge < -0.3 is 0 Å². The summed E-state index contributed by atoms with van der Waals surface area (Å²) in [5, 5.41) is 0. The predicted molar refractivity (Wildman–Crippen MR) is 52.2 cm³/mol. The standard InChI is InChI=1S/C11H21N/c1-3-12-9-11(12)7-4-5-10(2)6-8-11/h10H,3-9H2,1-2H3. The van der Waals surface area contributed by atoms with E-state index in [1.807, 2.05) is 0 Å². The molecule has 1 heteroatoms. The minimum atomic E-state index is 0.694. The van der Waals surface area contributed by atoms with Gasteiger partial charge in [0.2, 0.25) is 0 Å². The molecule has 12 heavy (non-hydrogen) atoms. The molecule has 70 valence electrons. The second kappa shape index (κ2) is 3.02. The summed E-state index contributed by atoms with van der Waals surface area (Å²) >= 11 is 0. The molecule has 1 aliphatic carbocycles. The van der Waals surface area contributed by atoms with E-state index < -0.39 is 0 Å². The Kier molecular flexibility index (Phi) is 2.16. The first kappa shape index (κ1) is 8.55. The lowest BCUT2D eigenvalue weighted by Crippen LogP contribution is -2.17. The summed E-state index contributed by atoms with van der Waals surface area (Å²) in [7, 11) is 0. The number of likely N-dealkylation sites (N-methyl/N-ethyl adjacent to an activating group) is 1. The van der Waals surface area contributed by atoms with Gasteiger partial charge in [0, 0.05) is 12.1 Å². The molecule has 0 bridgehead atoms. The van der Waals surface area contributed by atoms with Crippen molar-refractivity contribution in [2.45, 2.75) is 51.5 Å². The van der Waals surface area contributed by atoms with Gasteiger partial charge in [0.05, 0.1) is 0 Å². The maximum atomic E-state index is 2.66. The molecule has 1 spiro atoms. The van der Waals surface area contributed by atoms with Crippen LogP contribution in [0.2, 0.25) is 0 Å². The lowest BCUT2D eigenvalue weighted by atomic mass is 9.99. The normalized spacial score (nSPS) is 47.5. The summed E-state index contributed by atoms with van der Waals surface area (Å²) in [4.78, 5) is 2.66. The average Bonchev–Trinajstić information content (AvgIpc) is 2.79. The quantitative estimate of drug-likeness (QED) is 0.543. The Morgan fingerprint density at radius 3 is 2.83 bits per heavy atom. The van der Waals surface area contributed by atoms with Crippen molar-refractivity contribution in [3.05, 3.63) is 0 Å².